The molecule has 0 aliphatic carbocycles. The molecular formula is C17H16ClN3O2S. The average Bonchev–Trinajstić information content (AvgIpc) is 2.50. The second-order valence-corrected chi connectivity index (χ2v) is 5.95. The number of rotatable bonds is 3. The van der Waals surface area contributed by atoms with E-state index in [9.17, 15) is 9.90 Å². The molecule has 0 aliphatic heterocycles. The first-order chi connectivity index (χ1) is 11.3. The molecule has 0 fully saturated rings. The summed E-state index contributed by atoms with van der Waals surface area (Å²) in [5, 5.41) is 16.1. The molecule has 0 unspecified atom stereocenters. The molecule has 0 heterocycles. The molecule has 3 N–H and O–H groups in total. The molecule has 0 bridgehead atoms. The molecule has 0 aromatic heterocycles. The number of aryl methyl sites for hydroxylation is 1. The van der Waals surface area contributed by atoms with Crippen molar-refractivity contribution in [3.05, 3.63) is 52.5 Å². The van der Waals surface area contributed by atoms with Gasteiger partial charge in [-0.15, -0.1) is 0 Å². The molecule has 1 amide bonds. The van der Waals surface area contributed by atoms with Gasteiger partial charge in [-0.3, -0.25) is 9.79 Å². The number of nitrogens with one attached hydrogen (secondary N) is 2. The first-order valence-corrected chi connectivity index (χ1v) is 7.85. The van der Waals surface area contributed by atoms with Gasteiger partial charge in [-0.25, -0.2) is 0 Å². The van der Waals surface area contributed by atoms with Crippen molar-refractivity contribution in [3.63, 3.8) is 0 Å². The van der Waals surface area contributed by atoms with Crippen molar-refractivity contribution in [1.82, 2.24) is 5.32 Å². The molecule has 0 radical (unpaired) electrons. The van der Waals surface area contributed by atoms with Crippen LogP contribution in [-0.4, -0.2) is 22.3 Å². The number of carbonyl (C=O) groups is 1. The van der Waals surface area contributed by atoms with E-state index in [1.54, 1.807) is 49.5 Å². The molecule has 2 aromatic carbocycles. The van der Waals surface area contributed by atoms with Crippen LogP contribution in [-0.2, 0) is 4.79 Å². The highest BCUT2D eigenvalue weighted by atomic mass is 35.5. The van der Waals surface area contributed by atoms with Gasteiger partial charge in [0.25, 0.3) is 0 Å². The van der Waals surface area contributed by atoms with E-state index in [0.29, 0.717) is 21.8 Å². The molecule has 5 nitrogen and oxygen atoms in total. The third-order valence-electron chi connectivity index (χ3n) is 3.06. The quantitative estimate of drug-likeness (QED) is 0.572. The highest BCUT2D eigenvalue weighted by molar-refractivity contribution is 7.80. The maximum Gasteiger partial charge on any atom is 0.222 e. The van der Waals surface area contributed by atoms with E-state index >= 15 is 0 Å². The van der Waals surface area contributed by atoms with Crippen molar-refractivity contribution in [3.8, 4) is 5.75 Å². The molecule has 124 valence electrons. The zero-order valence-electron chi connectivity index (χ0n) is 13.1. The zero-order valence-corrected chi connectivity index (χ0v) is 14.7. The highest BCUT2D eigenvalue weighted by Gasteiger charge is 2.04. The molecule has 24 heavy (non-hydrogen) atoms. The van der Waals surface area contributed by atoms with Crippen LogP contribution in [0.5, 0.6) is 5.75 Å². The smallest absolute Gasteiger partial charge is 0.222 e. The van der Waals surface area contributed by atoms with E-state index < -0.39 is 0 Å². The number of hydrogen-bond acceptors (Lipinski definition) is 4. The van der Waals surface area contributed by atoms with Crippen LogP contribution in [0.15, 0.2) is 41.4 Å². The molecule has 2 rings (SSSR count). The van der Waals surface area contributed by atoms with Gasteiger partial charge in [-0.1, -0.05) is 11.6 Å². The fourth-order valence-corrected chi connectivity index (χ4v) is 2.50. The van der Waals surface area contributed by atoms with Crippen LogP contribution in [0, 0.1) is 6.92 Å². The van der Waals surface area contributed by atoms with Gasteiger partial charge in [-0.05, 0) is 61.1 Å². The minimum atomic E-state index is -0.231. The number of nitrogens with zero attached hydrogens (tertiary/aromatic N) is 1. The van der Waals surface area contributed by atoms with Crippen molar-refractivity contribution >= 4 is 52.4 Å². The molecule has 0 saturated carbocycles. The standard InChI is InChI=1S/C17H16ClN3O2S/c1-10-7-13(18)8-12(16(10)23)9-19-14-3-5-15(6-4-14)21-17(24)20-11(2)22/h3-9,23H,1-2H3,(H2,20,21,22,24). The first-order valence-electron chi connectivity index (χ1n) is 7.07. The van der Waals surface area contributed by atoms with Crippen LogP contribution >= 0.6 is 23.8 Å². The summed E-state index contributed by atoms with van der Waals surface area (Å²) in [7, 11) is 0. The number of aliphatic imine (C=N–C) groups is 1. The van der Waals surface area contributed by atoms with Gasteiger partial charge in [0.1, 0.15) is 5.75 Å². The van der Waals surface area contributed by atoms with E-state index in [-0.39, 0.29) is 16.8 Å². The van der Waals surface area contributed by atoms with Crippen LogP contribution in [0.4, 0.5) is 11.4 Å². The second kappa shape index (κ2) is 7.90. The van der Waals surface area contributed by atoms with Gasteiger partial charge in [-0.2, -0.15) is 0 Å². The third-order valence-corrected chi connectivity index (χ3v) is 3.48. The van der Waals surface area contributed by atoms with E-state index in [4.69, 9.17) is 23.8 Å². The predicted octanol–water partition coefficient (Wildman–Crippen LogP) is 3.94. The normalized spacial score (nSPS) is 10.6. The Hall–Kier alpha value is -2.44. The minimum Gasteiger partial charge on any atom is -0.507 e. The van der Waals surface area contributed by atoms with Crippen LogP contribution in [0.1, 0.15) is 18.1 Å². The number of halogens is 1. The molecule has 7 heteroatoms. The van der Waals surface area contributed by atoms with Crippen molar-refractivity contribution in [2.45, 2.75) is 13.8 Å². The maximum atomic E-state index is 10.9. The first kappa shape index (κ1) is 17.9. The summed E-state index contributed by atoms with van der Waals surface area (Å²) >= 11 is 11.0. The number of thiocarbonyl (C=S) groups is 1. The molecular weight excluding hydrogens is 346 g/mol. The Morgan fingerprint density at radius 2 is 1.96 bits per heavy atom. The van der Waals surface area contributed by atoms with Crippen LogP contribution in [0.3, 0.4) is 0 Å². The number of anilines is 1. The Morgan fingerprint density at radius 1 is 1.29 bits per heavy atom. The number of hydrogen-bond donors (Lipinski definition) is 3. The monoisotopic (exact) mass is 361 g/mol. The number of amides is 1. The third kappa shape index (κ3) is 5.04. The van der Waals surface area contributed by atoms with Crippen LogP contribution in [0.25, 0.3) is 0 Å². The summed E-state index contributed by atoms with van der Waals surface area (Å²) in [5.41, 5.74) is 2.67. The van der Waals surface area contributed by atoms with E-state index in [1.807, 2.05) is 0 Å². The Bertz CT molecular complexity index is 804. The lowest BCUT2D eigenvalue weighted by Crippen LogP contribution is -2.32. The summed E-state index contributed by atoms with van der Waals surface area (Å²) in [6.07, 6.45) is 1.55. The number of benzene rings is 2. The fraction of sp³-hybridized carbons (Fsp3) is 0.118. The number of aromatic hydroxyl groups is 1. The molecule has 2 aromatic rings. The maximum absolute atomic E-state index is 10.9. The summed E-state index contributed by atoms with van der Waals surface area (Å²) in [6, 6.07) is 10.5. The molecule has 0 saturated heterocycles. The molecule has 0 aliphatic rings. The summed E-state index contributed by atoms with van der Waals surface area (Å²) in [4.78, 5) is 15.2. The Kier molecular flexibility index (Phi) is 5.89. The van der Waals surface area contributed by atoms with E-state index in [0.717, 1.165) is 5.69 Å². The van der Waals surface area contributed by atoms with E-state index in [1.165, 1.54) is 6.92 Å². The lowest BCUT2D eigenvalue weighted by molar-refractivity contribution is -0.117. The van der Waals surface area contributed by atoms with Crippen LogP contribution in [0.2, 0.25) is 5.02 Å². The Morgan fingerprint density at radius 3 is 2.58 bits per heavy atom. The number of phenolic OH excluding ortho intramolecular Hbond substituents is 1. The molecule has 0 atom stereocenters. The van der Waals surface area contributed by atoms with Crippen molar-refractivity contribution < 1.29 is 9.90 Å². The molecule has 0 spiro atoms. The summed E-state index contributed by atoms with van der Waals surface area (Å²) in [5.74, 6) is -0.0764. The van der Waals surface area contributed by atoms with Crippen molar-refractivity contribution in [2.24, 2.45) is 4.99 Å². The van der Waals surface area contributed by atoms with Crippen LogP contribution < -0.4 is 10.6 Å². The second-order valence-electron chi connectivity index (χ2n) is 5.10. The van der Waals surface area contributed by atoms with E-state index in [2.05, 4.69) is 15.6 Å². The number of carbonyl (C=O) groups excluding carboxylic acids is 1. The Balaban J connectivity index is 2.09. The van der Waals surface area contributed by atoms with Gasteiger partial charge in [0, 0.05) is 29.4 Å². The lowest BCUT2D eigenvalue weighted by atomic mass is 10.1. The van der Waals surface area contributed by atoms with Gasteiger partial charge in [0.15, 0.2) is 5.11 Å². The SMILES string of the molecule is CC(=O)NC(=S)Nc1ccc(N=Cc2cc(Cl)cc(C)c2O)cc1. The van der Waals surface area contributed by atoms with Crippen molar-refractivity contribution in [1.29, 1.82) is 0 Å². The Labute approximate surface area is 150 Å². The summed E-state index contributed by atoms with van der Waals surface area (Å²) in [6.45, 7) is 3.16. The fourth-order valence-electron chi connectivity index (χ4n) is 1.96. The van der Waals surface area contributed by atoms with Gasteiger partial charge >= 0.3 is 0 Å². The van der Waals surface area contributed by atoms with Crippen molar-refractivity contribution in [2.75, 3.05) is 5.32 Å². The predicted molar refractivity (Wildman–Crippen MR) is 102 cm³/mol. The zero-order chi connectivity index (χ0) is 17.7. The van der Waals surface area contributed by atoms with Gasteiger partial charge in [0.2, 0.25) is 5.91 Å². The largest absolute Gasteiger partial charge is 0.507 e. The average molecular weight is 362 g/mol. The lowest BCUT2D eigenvalue weighted by Gasteiger charge is -2.08. The summed E-state index contributed by atoms with van der Waals surface area (Å²) < 4.78 is 0. The number of phenols is 1. The topological polar surface area (TPSA) is 73.7 Å². The van der Waals surface area contributed by atoms with Gasteiger partial charge in [0.05, 0.1) is 5.69 Å². The minimum absolute atomic E-state index is 0.155. The highest BCUT2D eigenvalue weighted by Crippen LogP contribution is 2.26. The van der Waals surface area contributed by atoms with Gasteiger partial charge < -0.3 is 15.7 Å².